The van der Waals surface area contributed by atoms with Gasteiger partial charge in [0.1, 0.15) is 11.6 Å². The van der Waals surface area contributed by atoms with E-state index in [0.717, 1.165) is 12.5 Å². The number of benzene rings is 1. The van der Waals surface area contributed by atoms with Gasteiger partial charge in [-0.25, -0.2) is 8.78 Å². The molecule has 2 unspecified atom stereocenters. The van der Waals surface area contributed by atoms with Crippen LogP contribution in [0.1, 0.15) is 12.0 Å². The summed E-state index contributed by atoms with van der Waals surface area (Å²) in [6.07, 6.45) is 0.477. The number of ether oxygens (including phenoxy) is 1. The van der Waals surface area contributed by atoms with Crippen molar-refractivity contribution >= 4 is 0 Å². The molecule has 0 aliphatic carbocycles. The molecule has 2 atom stereocenters. The van der Waals surface area contributed by atoms with Crippen molar-refractivity contribution in [3.05, 3.63) is 35.4 Å². The third-order valence-electron chi connectivity index (χ3n) is 2.88. The Morgan fingerprint density at radius 1 is 1.31 bits per heavy atom. The van der Waals surface area contributed by atoms with Crippen LogP contribution < -0.4 is 0 Å². The first kappa shape index (κ1) is 11.5. The van der Waals surface area contributed by atoms with E-state index in [0.29, 0.717) is 18.8 Å². The first-order chi connectivity index (χ1) is 7.65. The fraction of sp³-hybridized carbons (Fsp3) is 0.500. The molecule has 0 radical (unpaired) electrons. The van der Waals surface area contributed by atoms with Crippen LogP contribution in [0.3, 0.4) is 0 Å². The molecule has 4 heteroatoms. The monoisotopic (exact) mass is 228 g/mol. The lowest BCUT2D eigenvalue weighted by molar-refractivity contribution is 0.0918. The Bertz CT molecular complexity index is 342. The number of aliphatic hydroxyl groups excluding tert-OH is 1. The summed E-state index contributed by atoms with van der Waals surface area (Å²) in [6, 6.07) is 3.33. The highest BCUT2D eigenvalue weighted by molar-refractivity contribution is 5.18. The van der Waals surface area contributed by atoms with Gasteiger partial charge in [0.25, 0.3) is 0 Å². The Labute approximate surface area is 92.9 Å². The lowest BCUT2D eigenvalue weighted by Crippen LogP contribution is -2.23. The maximum absolute atomic E-state index is 12.9. The second kappa shape index (κ2) is 4.89. The van der Waals surface area contributed by atoms with E-state index in [9.17, 15) is 13.9 Å². The van der Waals surface area contributed by atoms with Crippen LogP contribution >= 0.6 is 0 Å². The molecule has 1 aromatic carbocycles. The normalized spacial score (nSPS) is 22.3. The van der Waals surface area contributed by atoms with Crippen LogP contribution in [0, 0.1) is 17.6 Å². The fourth-order valence-corrected chi connectivity index (χ4v) is 1.99. The molecule has 0 amide bonds. The molecule has 1 heterocycles. The molecule has 2 rings (SSSR count). The van der Waals surface area contributed by atoms with E-state index in [-0.39, 0.29) is 12.3 Å². The van der Waals surface area contributed by atoms with Gasteiger partial charge < -0.3 is 9.84 Å². The van der Waals surface area contributed by atoms with Gasteiger partial charge in [-0.3, -0.25) is 0 Å². The molecule has 88 valence electrons. The van der Waals surface area contributed by atoms with Gasteiger partial charge >= 0.3 is 0 Å². The lowest BCUT2D eigenvalue weighted by Gasteiger charge is -2.16. The molecule has 16 heavy (non-hydrogen) atoms. The van der Waals surface area contributed by atoms with Crippen molar-refractivity contribution in [3.63, 3.8) is 0 Å². The van der Waals surface area contributed by atoms with Crippen molar-refractivity contribution in [2.45, 2.75) is 18.9 Å². The summed E-state index contributed by atoms with van der Waals surface area (Å²) < 4.78 is 31.0. The summed E-state index contributed by atoms with van der Waals surface area (Å²) in [5.41, 5.74) is 0.483. The first-order valence-corrected chi connectivity index (χ1v) is 5.36. The molecule has 1 N–H and O–H groups in total. The van der Waals surface area contributed by atoms with Gasteiger partial charge in [-0.2, -0.15) is 0 Å². The number of hydrogen-bond donors (Lipinski definition) is 1. The number of aliphatic hydroxyl groups is 1. The van der Waals surface area contributed by atoms with Gasteiger partial charge in [-0.05, 0) is 30.5 Å². The van der Waals surface area contributed by atoms with Crippen LogP contribution in [-0.2, 0) is 11.2 Å². The van der Waals surface area contributed by atoms with E-state index < -0.39 is 17.7 Å². The quantitative estimate of drug-likeness (QED) is 0.856. The van der Waals surface area contributed by atoms with E-state index in [1.165, 1.54) is 12.1 Å². The van der Waals surface area contributed by atoms with Gasteiger partial charge in [-0.15, -0.1) is 0 Å². The first-order valence-electron chi connectivity index (χ1n) is 5.36. The maximum Gasteiger partial charge on any atom is 0.126 e. The van der Waals surface area contributed by atoms with E-state index in [2.05, 4.69) is 0 Å². The van der Waals surface area contributed by atoms with Gasteiger partial charge in [0.2, 0.25) is 0 Å². The summed E-state index contributed by atoms with van der Waals surface area (Å²) in [7, 11) is 0. The Morgan fingerprint density at radius 2 is 2.00 bits per heavy atom. The average molecular weight is 228 g/mol. The smallest absolute Gasteiger partial charge is 0.126 e. The molecule has 0 aromatic heterocycles. The molecule has 1 aromatic rings. The van der Waals surface area contributed by atoms with Crippen molar-refractivity contribution in [2.75, 3.05) is 13.2 Å². The zero-order chi connectivity index (χ0) is 11.5. The predicted molar refractivity (Wildman–Crippen MR) is 55.0 cm³/mol. The molecular weight excluding hydrogens is 214 g/mol. The number of hydrogen-bond acceptors (Lipinski definition) is 2. The summed E-state index contributed by atoms with van der Waals surface area (Å²) in [6.45, 7) is 1.18. The molecule has 1 aliphatic rings. The topological polar surface area (TPSA) is 29.5 Å². The summed E-state index contributed by atoms with van der Waals surface area (Å²) in [5, 5.41) is 9.86. The van der Waals surface area contributed by atoms with E-state index >= 15 is 0 Å². The van der Waals surface area contributed by atoms with Gasteiger partial charge in [0, 0.05) is 18.6 Å². The molecule has 0 spiro atoms. The molecule has 2 nitrogen and oxygen atoms in total. The largest absolute Gasteiger partial charge is 0.392 e. The van der Waals surface area contributed by atoms with E-state index in [4.69, 9.17) is 4.74 Å². The molecule has 0 bridgehead atoms. The highest BCUT2D eigenvalue weighted by atomic mass is 19.1. The summed E-state index contributed by atoms with van der Waals surface area (Å²) in [4.78, 5) is 0. The maximum atomic E-state index is 12.9. The van der Waals surface area contributed by atoms with Crippen LogP contribution in [0.2, 0.25) is 0 Å². The highest BCUT2D eigenvalue weighted by Gasteiger charge is 2.24. The molecule has 1 aliphatic heterocycles. The predicted octanol–water partition coefficient (Wildman–Crippen LogP) is 1.90. The minimum absolute atomic E-state index is 0.0753. The SMILES string of the molecule is OC(Cc1cc(F)cc(F)c1)C1CCOC1. The summed E-state index contributed by atoms with van der Waals surface area (Å²) in [5.74, 6) is -1.14. The third-order valence-corrected chi connectivity index (χ3v) is 2.88. The molecule has 0 saturated carbocycles. The fourth-order valence-electron chi connectivity index (χ4n) is 1.99. The second-order valence-corrected chi connectivity index (χ2v) is 4.17. The number of halogens is 2. The summed E-state index contributed by atoms with van der Waals surface area (Å²) >= 11 is 0. The standard InChI is InChI=1S/C12H14F2O2/c13-10-3-8(4-11(14)6-10)5-12(15)9-1-2-16-7-9/h3-4,6,9,12,15H,1-2,5,7H2. The van der Waals surface area contributed by atoms with Crippen LogP contribution in [0.15, 0.2) is 18.2 Å². The molecular formula is C12H14F2O2. The van der Waals surface area contributed by atoms with Gasteiger partial charge in [-0.1, -0.05) is 0 Å². The van der Waals surface area contributed by atoms with Crippen molar-refractivity contribution in [2.24, 2.45) is 5.92 Å². The van der Waals surface area contributed by atoms with Crippen molar-refractivity contribution in [3.8, 4) is 0 Å². The molecule has 1 saturated heterocycles. The Kier molecular flexibility index (Phi) is 3.51. The lowest BCUT2D eigenvalue weighted by atomic mass is 9.95. The highest BCUT2D eigenvalue weighted by Crippen LogP contribution is 2.20. The minimum atomic E-state index is -0.607. The number of rotatable bonds is 3. The van der Waals surface area contributed by atoms with Crippen LogP contribution in [0.4, 0.5) is 8.78 Å². The van der Waals surface area contributed by atoms with E-state index in [1.807, 2.05) is 0 Å². The van der Waals surface area contributed by atoms with Crippen LogP contribution in [0.5, 0.6) is 0 Å². The van der Waals surface area contributed by atoms with Gasteiger partial charge in [0.05, 0.1) is 12.7 Å². The average Bonchev–Trinajstić information content (AvgIpc) is 2.68. The minimum Gasteiger partial charge on any atom is -0.392 e. The third kappa shape index (κ3) is 2.77. The Balaban J connectivity index is 2.02. The van der Waals surface area contributed by atoms with E-state index in [1.54, 1.807) is 0 Å². The van der Waals surface area contributed by atoms with Crippen LogP contribution in [0.25, 0.3) is 0 Å². The van der Waals surface area contributed by atoms with Crippen molar-refractivity contribution < 1.29 is 18.6 Å². The van der Waals surface area contributed by atoms with Gasteiger partial charge in [0.15, 0.2) is 0 Å². The van der Waals surface area contributed by atoms with Crippen molar-refractivity contribution in [1.82, 2.24) is 0 Å². The Morgan fingerprint density at radius 3 is 2.56 bits per heavy atom. The van der Waals surface area contributed by atoms with Crippen LogP contribution in [-0.4, -0.2) is 24.4 Å². The zero-order valence-corrected chi connectivity index (χ0v) is 8.83. The van der Waals surface area contributed by atoms with Crippen molar-refractivity contribution in [1.29, 1.82) is 0 Å². The zero-order valence-electron chi connectivity index (χ0n) is 8.83. The molecule has 1 fully saturated rings. The Hall–Kier alpha value is -1.00. The second-order valence-electron chi connectivity index (χ2n) is 4.17.